The van der Waals surface area contributed by atoms with Crippen LogP contribution in [0.25, 0.3) is 0 Å². The number of rotatable bonds is 2. The van der Waals surface area contributed by atoms with Crippen LogP contribution in [0.15, 0.2) is 24.3 Å². The van der Waals surface area contributed by atoms with Crippen LogP contribution in [0.1, 0.15) is 38.2 Å². The molecule has 1 aromatic rings. The normalized spacial score (nSPS) is 22.7. The van der Waals surface area contributed by atoms with Crippen molar-refractivity contribution < 1.29 is 0 Å². The topological polar surface area (TPSA) is 15.3 Å². The number of para-hydroxylation sites is 1. The second-order valence-corrected chi connectivity index (χ2v) is 6.22. The van der Waals surface area contributed by atoms with Crippen LogP contribution in [-0.4, -0.2) is 26.2 Å². The van der Waals surface area contributed by atoms with Gasteiger partial charge in [0.05, 0.1) is 0 Å². The van der Waals surface area contributed by atoms with E-state index in [1.165, 1.54) is 63.1 Å². The van der Waals surface area contributed by atoms with Gasteiger partial charge in [0.15, 0.2) is 0 Å². The van der Waals surface area contributed by atoms with Crippen molar-refractivity contribution in [2.45, 2.75) is 39.0 Å². The number of hydrogen-bond acceptors (Lipinski definition) is 2. The van der Waals surface area contributed by atoms with Crippen LogP contribution in [0.3, 0.4) is 0 Å². The fraction of sp³-hybridized carbons (Fsp3) is 0.647. The van der Waals surface area contributed by atoms with Crippen molar-refractivity contribution in [3.05, 3.63) is 29.8 Å². The Labute approximate surface area is 117 Å². The first-order chi connectivity index (χ1) is 9.33. The van der Waals surface area contributed by atoms with Gasteiger partial charge in [-0.2, -0.15) is 0 Å². The summed E-state index contributed by atoms with van der Waals surface area (Å²) in [5.74, 6) is 0. The van der Waals surface area contributed by atoms with Crippen LogP contribution in [0.5, 0.6) is 0 Å². The third-order valence-electron chi connectivity index (χ3n) is 5.20. The molecule has 3 rings (SSSR count). The lowest BCUT2D eigenvalue weighted by atomic mass is 9.71. The lowest BCUT2D eigenvalue weighted by Gasteiger charge is -2.45. The van der Waals surface area contributed by atoms with Gasteiger partial charge < -0.3 is 10.2 Å². The van der Waals surface area contributed by atoms with Gasteiger partial charge in [-0.3, -0.25) is 0 Å². The Hall–Kier alpha value is -1.02. The number of nitrogens with one attached hydrogen (secondary N) is 1. The predicted octanol–water partition coefficient (Wildman–Crippen LogP) is 3.22. The fourth-order valence-electron chi connectivity index (χ4n) is 3.80. The van der Waals surface area contributed by atoms with Crippen molar-refractivity contribution in [2.24, 2.45) is 5.41 Å². The molecular formula is C17H26N2. The van der Waals surface area contributed by atoms with Crippen LogP contribution in [0.4, 0.5) is 5.69 Å². The summed E-state index contributed by atoms with van der Waals surface area (Å²) in [6, 6.07) is 8.94. The maximum absolute atomic E-state index is 3.50. The van der Waals surface area contributed by atoms with E-state index < -0.39 is 0 Å². The van der Waals surface area contributed by atoms with Gasteiger partial charge in [0.25, 0.3) is 0 Å². The molecule has 1 spiro atoms. The number of benzene rings is 1. The standard InChI is InChI=1S/C17H26N2/c1-2-15-5-3-4-6-16(15)19-13-9-17(10-14-19)7-11-18-12-8-17/h3-6,18H,2,7-14H2,1H3. The Kier molecular flexibility index (Phi) is 3.79. The second kappa shape index (κ2) is 5.54. The number of piperidine rings is 2. The molecule has 2 aliphatic heterocycles. The van der Waals surface area contributed by atoms with E-state index in [0.29, 0.717) is 5.41 Å². The molecular weight excluding hydrogens is 232 g/mol. The molecule has 0 saturated carbocycles. The van der Waals surface area contributed by atoms with Crippen molar-refractivity contribution in [1.29, 1.82) is 0 Å². The van der Waals surface area contributed by atoms with E-state index in [2.05, 4.69) is 41.4 Å². The van der Waals surface area contributed by atoms with Crippen molar-refractivity contribution >= 4 is 5.69 Å². The summed E-state index contributed by atoms with van der Waals surface area (Å²) in [7, 11) is 0. The lowest BCUT2D eigenvalue weighted by Crippen LogP contribution is -2.45. The molecule has 2 heteroatoms. The molecule has 1 N–H and O–H groups in total. The van der Waals surface area contributed by atoms with Crippen molar-refractivity contribution in [1.82, 2.24) is 5.32 Å². The summed E-state index contributed by atoms with van der Waals surface area (Å²) in [5.41, 5.74) is 3.64. The van der Waals surface area contributed by atoms with Gasteiger partial charge in [-0.25, -0.2) is 0 Å². The molecule has 19 heavy (non-hydrogen) atoms. The molecule has 0 bridgehead atoms. The SMILES string of the molecule is CCc1ccccc1N1CCC2(CCNCC2)CC1. The van der Waals surface area contributed by atoms with Gasteiger partial charge in [0.1, 0.15) is 0 Å². The minimum atomic E-state index is 0.656. The summed E-state index contributed by atoms with van der Waals surface area (Å²) < 4.78 is 0. The molecule has 2 heterocycles. The molecule has 0 radical (unpaired) electrons. The molecule has 0 amide bonds. The molecule has 0 aromatic heterocycles. The molecule has 2 fully saturated rings. The minimum absolute atomic E-state index is 0.656. The number of anilines is 1. The highest BCUT2D eigenvalue weighted by atomic mass is 15.1. The monoisotopic (exact) mass is 258 g/mol. The van der Waals surface area contributed by atoms with Gasteiger partial charge >= 0.3 is 0 Å². The van der Waals surface area contributed by atoms with Crippen LogP contribution >= 0.6 is 0 Å². The first-order valence-electron chi connectivity index (χ1n) is 7.87. The molecule has 2 saturated heterocycles. The Balaban J connectivity index is 1.69. The van der Waals surface area contributed by atoms with Crippen LogP contribution in [-0.2, 0) is 6.42 Å². The van der Waals surface area contributed by atoms with Gasteiger partial charge in [-0.15, -0.1) is 0 Å². The van der Waals surface area contributed by atoms with E-state index in [-0.39, 0.29) is 0 Å². The Morgan fingerprint density at radius 2 is 1.74 bits per heavy atom. The number of hydrogen-bond donors (Lipinski definition) is 1. The zero-order valence-electron chi connectivity index (χ0n) is 12.1. The van der Waals surface area contributed by atoms with Crippen molar-refractivity contribution in [3.8, 4) is 0 Å². The van der Waals surface area contributed by atoms with Gasteiger partial charge in [0.2, 0.25) is 0 Å². The summed E-state index contributed by atoms with van der Waals surface area (Å²) in [6.07, 6.45) is 6.67. The average molecular weight is 258 g/mol. The van der Waals surface area contributed by atoms with Gasteiger partial charge in [0, 0.05) is 18.8 Å². The zero-order chi connectivity index (χ0) is 13.1. The molecule has 2 aliphatic rings. The highest BCUT2D eigenvalue weighted by Gasteiger charge is 2.35. The van der Waals surface area contributed by atoms with E-state index in [9.17, 15) is 0 Å². The molecule has 104 valence electrons. The fourth-order valence-corrected chi connectivity index (χ4v) is 3.80. The first-order valence-corrected chi connectivity index (χ1v) is 7.87. The molecule has 2 nitrogen and oxygen atoms in total. The quantitative estimate of drug-likeness (QED) is 0.876. The van der Waals surface area contributed by atoms with E-state index in [0.717, 1.165) is 6.42 Å². The molecule has 1 aromatic carbocycles. The minimum Gasteiger partial charge on any atom is -0.371 e. The summed E-state index contributed by atoms with van der Waals surface area (Å²) in [5, 5.41) is 3.50. The Morgan fingerprint density at radius 1 is 1.05 bits per heavy atom. The van der Waals surface area contributed by atoms with Crippen LogP contribution in [0, 0.1) is 5.41 Å². The average Bonchev–Trinajstić information content (AvgIpc) is 2.49. The van der Waals surface area contributed by atoms with Gasteiger partial charge in [-0.1, -0.05) is 25.1 Å². The third-order valence-corrected chi connectivity index (χ3v) is 5.20. The lowest BCUT2D eigenvalue weighted by molar-refractivity contribution is 0.155. The van der Waals surface area contributed by atoms with E-state index in [4.69, 9.17) is 0 Å². The van der Waals surface area contributed by atoms with E-state index >= 15 is 0 Å². The van der Waals surface area contributed by atoms with Crippen LogP contribution in [0.2, 0.25) is 0 Å². The highest BCUT2D eigenvalue weighted by molar-refractivity contribution is 5.54. The van der Waals surface area contributed by atoms with Crippen LogP contribution < -0.4 is 10.2 Å². The summed E-state index contributed by atoms with van der Waals surface area (Å²) in [4.78, 5) is 2.62. The number of nitrogens with zero attached hydrogens (tertiary/aromatic N) is 1. The van der Waals surface area contributed by atoms with E-state index in [1.807, 2.05) is 0 Å². The van der Waals surface area contributed by atoms with Gasteiger partial charge in [-0.05, 0) is 62.2 Å². The second-order valence-electron chi connectivity index (χ2n) is 6.22. The third kappa shape index (κ3) is 2.64. The highest BCUT2D eigenvalue weighted by Crippen LogP contribution is 2.40. The summed E-state index contributed by atoms with van der Waals surface area (Å²) >= 11 is 0. The molecule has 0 aliphatic carbocycles. The molecule has 0 atom stereocenters. The zero-order valence-corrected chi connectivity index (χ0v) is 12.1. The maximum atomic E-state index is 3.50. The predicted molar refractivity (Wildman–Crippen MR) is 81.8 cm³/mol. The summed E-state index contributed by atoms with van der Waals surface area (Å²) in [6.45, 7) is 7.21. The Bertz CT molecular complexity index is 411. The first kappa shape index (κ1) is 13.0. The Morgan fingerprint density at radius 3 is 2.42 bits per heavy atom. The largest absolute Gasteiger partial charge is 0.371 e. The van der Waals surface area contributed by atoms with E-state index in [1.54, 1.807) is 0 Å². The maximum Gasteiger partial charge on any atom is 0.0398 e. The molecule has 0 unspecified atom stereocenters. The van der Waals surface area contributed by atoms with Crippen molar-refractivity contribution in [3.63, 3.8) is 0 Å². The number of aryl methyl sites for hydroxylation is 1. The smallest absolute Gasteiger partial charge is 0.0398 e. The van der Waals surface area contributed by atoms with Crippen molar-refractivity contribution in [2.75, 3.05) is 31.1 Å².